The summed E-state index contributed by atoms with van der Waals surface area (Å²) in [7, 11) is -1.99. The minimum Gasteiger partial charge on any atom is -0.392 e. The van der Waals surface area contributed by atoms with Crippen molar-refractivity contribution in [1.82, 2.24) is 9.29 Å². The molecule has 7 heteroatoms. The maximum atomic E-state index is 12.4. The predicted molar refractivity (Wildman–Crippen MR) is 77.6 cm³/mol. The van der Waals surface area contributed by atoms with Crippen molar-refractivity contribution in [2.45, 2.75) is 31.0 Å². The molecule has 0 amide bonds. The number of rotatable bonds is 7. The Bertz CT molecular complexity index is 488. The van der Waals surface area contributed by atoms with E-state index in [9.17, 15) is 8.42 Å². The molecule has 1 atom stereocenters. The van der Waals surface area contributed by atoms with Crippen molar-refractivity contribution < 1.29 is 13.5 Å². The number of sulfonamides is 1. The second kappa shape index (κ2) is 7.23. The van der Waals surface area contributed by atoms with Gasteiger partial charge in [0, 0.05) is 25.0 Å². The molecular weight excluding hydrogens is 284 g/mol. The topological polar surface area (TPSA) is 70.5 Å². The molecule has 1 unspecified atom stereocenters. The third-order valence-corrected chi connectivity index (χ3v) is 5.51. The molecule has 1 aromatic rings. The van der Waals surface area contributed by atoms with Crippen molar-refractivity contribution in [3.05, 3.63) is 23.9 Å². The molecule has 1 aromatic heterocycles. The first kappa shape index (κ1) is 16.4. The van der Waals surface area contributed by atoms with Gasteiger partial charge in [0.05, 0.1) is 6.61 Å². The lowest BCUT2D eigenvalue weighted by Gasteiger charge is -2.25. The summed E-state index contributed by atoms with van der Waals surface area (Å²) in [5, 5.41) is 8.95. The Hall–Kier alpha value is -0.630. The second-order valence-electron chi connectivity index (χ2n) is 4.20. The Morgan fingerprint density at radius 1 is 1.47 bits per heavy atom. The molecule has 0 radical (unpaired) electrons. The van der Waals surface area contributed by atoms with Gasteiger partial charge in [0.15, 0.2) is 5.03 Å². The molecule has 19 heavy (non-hydrogen) atoms. The highest BCUT2D eigenvalue weighted by molar-refractivity contribution is 7.98. The maximum Gasteiger partial charge on any atom is 0.260 e. The molecule has 0 aliphatic carbocycles. The molecule has 0 saturated carbocycles. The lowest BCUT2D eigenvalue weighted by Crippen LogP contribution is -2.38. The van der Waals surface area contributed by atoms with Crippen molar-refractivity contribution in [2.75, 3.05) is 19.1 Å². The minimum atomic E-state index is -3.57. The van der Waals surface area contributed by atoms with Crippen LogP contribution in [0.3, 0.4) is 0 Å². The van der Waals surface area contributed by atoms with Gasteiger partial charge in [0.2, 0.25) is 0 Å². The smallest absolute Gasteiger partial charge is 0.260 e. The summed E-state index contributed by atoms with van der Waals surface area (Å²) in [5.41, 5.74) is 0.595. The van der Waals surface area contributed by atoms with E-state index in [0.29, 0.717) is 5.56 Å². The Labute approximate surface area is 119 Å². The van der Waals surface area contributed by atoms with Crippen LogP contribution in [0.15, 0.2) is 23.4 Å². The first-order valence-electron chi connectivity index (χ1n) is 6.00. The van der Waals surface area contributed by atoms with Crippen molar-refractivity contribution in [2.24, 2.45) is 0 Å². The molecule has 0 aliphatic rings. The molecule has 0 fully saturated rings. The molecule has 0 aromatic carbocycles. The number of thioether (sulfide) groups is 1. The maximum absolute atomic E-state index is 12.4. The van der Waals surface area contributed by atoms with E-state index in [1.54, 1.807) is 24.9 Å². The Balaban J connectivity index is 3.00. The number of hydrogen-bond donors (Lipinski definition) is 1. The van der Waals surface area contributed by atoms with Gasteiger partial charge in [-0.3, -0.25) is 0 Å². The fourth-order valence-corrected chi connectivity index (χ4v) is 3.95. The van der Waals surface area contributed by atoms with E-state index in [2.05, 4.69) is 4.98 Å². The fourth-order valence-electron chi connectivity index (χ4n) is 1.67. The van der Waals surface area contributed by atoms with E-state index >= 15 is 0 Å². The molecule has 0 spiro atoms. The number of pyridine rings is 1. The molecule has 1 N–H and O–H groups in total. The van der Waals surface area contributed by atoms with Gasteiger partial charge >= 0.3 is 0 Å². The monoisotopic (exact) mass is 304 g/mol. The van der Waals surface area contributed by atoms with Crippen LogP contribution >= 0.6 is 11.8 Å². The Kier molecular flexibility index (Phi) is 6.25. The lowest BCUT2D eigenvalue weighted by atomic mass is 10.3. The second-order valence-corrected chi connectivity index (χ2v) is 7.06. The zero-order chi connectivity index (χ0) is 14.5. The number of hydrogen-bond acceptors (Lipinski definition) is 5. The Morgan fingerprint density at radius 3 is 2.58 bits per heavy atom. The summed E-state index contributed by atoms with van der Waals surface area (Å²) in [5.74, 6) is 0.751. The van der Waals surface area contributed by atoms with Crippen molar-refractivity contribution in [1.29, 1.82) is 0 Å². The molecule has 0 bridgehead atoms. The Morgan fingerprint density at radius 2 is 2.16 bits per heavy atom. The number of nitrogens with zero attached hydrogens (tertiary/aromatic N) is 2. The summed E-state index contributed by atoms with van der Waals surface area (Å²) in [6.45, 7) is 1.82. The largest absolute Gasteiger partial charge is 0.392 e. The van der Waals surface area contributed by atoms with Gasteiger partial charge in [-0.1, -0.05) is 13.0 Å². The first-order chi connectivity index (χ1) is 8.97. The van der Waals surface area contributed by atoms with Crippen LogP contribution in [-0.2, 0) is 16.6 Å². The highest BCUT2D eigenvalue weighted by atomic mass is 32.2. The highest BCUT2D eigenvalue weighted by Crippen LogP contribution is 2.18. The van der Waals surface area contributed by atoms with E-state index in [0.717, 1.165) is 12.2 Å². The standard InChI is InChI=1S/C12H20N2O3S2/c1-4-11(9-18-3)14(2)19(16,17)12-6-5-10(8-15)7-13-12/h5-7,11,15H,4,8-9H2,1-3H3. The number of aliphatic hydroxyl groups excluding tert-OH is 1. The van der Waals surface area contributed by atoms with E-state index in [1.807, 2.05) is 13.2 Å². The van der Waals surface area contributed by atoms with Gasteiger partial charge in [0.25, 0.3) is 10.0 Å². The number of aliphatic hydroxyl groups is 1. The van der Waals surface area contributed by atoms with Gasteiger partial charge in [-0.05, 0) is 24.3 Å². The lowest BCUT2D eigenvalue weighted by molar-refractivity contribution is 0.281. The molecule has 0 saturated heterocycles. The third kappa shape index (κ3) is 3.92. The van der Waals surface area contributed by atoms with Crippen LogP contribution in [0.25, 0.3) is 0 Å². The summed E-state index contributed by atoms with van der Waals surface area (Å²) >= 11 is 1.62. The first-order valence-corrected chi connectivity index (χ1v) is 8.83. The van der Waals surface area contributed by atoms with Crippen molar-refractivity contribution in [3.8, 4) is 0 Å². The van der Waals surface area contributed by atoms with Crippen LogP contribution in [0.4, 0.5) is 0 Å². The zero-order valence-electron chi connectivity index (χ0n) is 11.4. The molecule has 0 aliphatic heterocycles. The molecule has 1 rings (SSSR count). The number of aromatic nitrogens is 1. The minimum absolute atomic E-state index is 0.0201. The molecule has 1 heterocycles. The zero-order valence-corrected chi connectivity index (χ0v) is 13.0. The van der Waals surface area contributed by atoms with Gasteiger partial charge in [0.1, 0.15) is 0 Å². The highest BCUT2D eigenvalue weighted by Gasteiger charge is 2.27. The summed E-state index contributed by atoms with van der Waals surface area (Å²) in [6, 6.07) is 2.96. The quantitative estimate of drug-likeness (QED) is 0.823. The molecule has 5 nitrogen and oxygen atoms in total. The van der Waals surface area contributed by atoms with Crippen LogP contribution in [0, 0.1) is 0 Å². The van der Waals surface area contributed by atoms with Crippen LogP contribution in [0.5, 0.6) is 0 Å². The van der Waals surface area contributed by atoms with Crippen molar-refractivity contribution in [3.63, 3.8) is 0 Å². The third-order valence-electron chi connectivity index (χ3n) is 2.97. The van der Waals surface area contributed by atoms with Crippen LogP contribution in [-0.4, -0.2) is 47.9 Å². The normalized spacial score (nSPS) is 13.7. The average Bonchev–Trinajstić information content (AvgIpc) is 2.44. The summed E-state index contributed by atoms with van der Waals surface area (Å²) < 4.78 is 26.2. The van der Waals surface area contributed by atoms with Crippen LogP contribution in [0.2, 0.25) is 0 Å². The van der Waals surface area contributed by atoms with Crippen LogP contribution in [0.1, 0.15) is 18.9 Å². The summed E-state index contributed by atoms with van der Waals surface area (Å²) in [4.78, 5) is 3.92. The van der Waals surface area contributed by atoms with Crippen LogP contribution < -0.4 is 0 Å². The fraction of sp³-hybridized carbons (Fsp3) is 0.583. The predicted octanol–water partition coefficient (Wildman–Crippen LogP) is 1.34. The SMILES string of the molecule is CCC(CSC)N(C)S(=O)(=O)c1ccc(CO)cn1. The summed E-state index contributed by atoms with van der Waals surface area (Å²) in [6.07, 6.45) is 4.10. The van der Waals surface area contributed by atoms with E-state index < -0.39 is 10.0 Å². The van der Waals surface area contributed by atoms with Gasteiger partial charge in [-0.2, -0.15) is 16.1 Å². The average molecular weight is 304 g/mol. The molecule has 108 valence electrons. The van der Waals surface area contributed by atoms with Gasteiger partial charge in [-0.25, -0.2) is 13.4 Å². The van der Waals surface area contributed by atoms with E-state index in [1.165, 1.54) is 16.6 Å². The van der Waals surface area contributed by atoms with Crippen molar-refractivity contribution >= 4 is 21.8 Å². The van der Waals surface area contributed by atoms with Gasteiger partial charge in [-0.15, -0.1) is 0 Å². The van der Waals surface area contributed by atoms with E-state index in [-0.39, 0.29) is 17.7 Å². The van der Waals surface area contributed by atoms with E-state index in [4.69, 9.17) is 5.11 Å². The molecular formula is C12H20N2O3S2. The van der Waals surface area contributed by atoms with Gasteiger partial charge < -0.3 is 5.11 Å².